The van der Waals surface area contributed by atoms with Gasteiger partial charge in [-0.25, -0.2) is 4.79 Å². The van der Waals surface area contributed by atoms with Gasteiger partial charge < -0.3 is 20.7 Å². The quantitative estimate of drug-likeness (QED) is 0.680. The Hall–Kier alpha value is -0.810. The van der Waals surface area contributed by atoms with E-state index in [1.165, 1.54) is 0 Å². The number of rotatable bonds is 5. The van der Waals surface area contributed by atoms with E-state index in [-0.39, 0.29) is 6.61 Å². The molecule has 4 N–H and O–H groups in total. The van der Waals surface area contributed by atoms with Crippen LogP contribution in [0.1, 0.15) is 51.9 Å². The van der Waals surface area contributed by atoms with Crippen LogP contribution in [0, 0.1) is 0 Å². The zero-order valence-corrected chi connectivity index (χ0v) is 10.4. The lowest BCUT2D eigenvalue weighted by atomic mass is 9.74. The molecule has 0 radical (unpaired) electrons. The highest BCUT2D eigenvalue weighted by Gasteiger charge is 2.43. The van der Waals surface area contributed by atoms with Crippen LogP contribution < -0.4 is 5.73 Å². The monoisotopic (exact) mass is 245 g/mol. The molecular weight excluding hydrogens is 222 g/mol. The molecule has 1 amide bonds. The van der Waals surface area contributed by atoms with Crippen LogP contribution in [0.15, 0.2) is 0 Å². The number of carbonyl (C=O) groups excluding carboxylic acids is 1. The van der Waals surface area contributed by atoms with Crippen molar-refractivity contribution in [2.45, 2.75) is 63.1 Å². The minimum Gasteiger partial charge on any atom is -0.443 e. The van der Waals surface area contributed by atoms with Gasteiger partial charge in [-0.1, -0.05) is 13.3 Å². The number of aliphatic hydroxyl groups is 2. The SMILES string of the molecule is CCCCC1(OC(N)=O)CCC(O)(CO)CC1. The molecule has 5 heteroatoms. The first-order chi connectivity index (χ1) is 7.95. The number of amides is 1. The van der Waals surface area contributed by atoms with E-state index in [4.69, 9.17) is 15.6 Å². The minimum atomic E-state index is -1.02. The summed E-state index contributed by atoms with van der Waals surface area (Å²) in [4.78, 5) is 11.0. The zero-order chi connectivity index (χ0) is 12.9. The number of aliphatic hydroxyl groups excluding tert-OH is 1. The molecule has 0 heterocycles. The lowest BCUT2D eigenvalue weighted by Crippen LogP contribution is -2.48. The Balaban J connectivity index is 2.64. The van der Waals surface area contributed by atoms with Gasteiger partial charge in [0.2, 0.25) is 0 Å². The maximum absolute atomic E-state index is 11.0. The number of hydrogen-bond donors (Lipinski definition) is 3. The van der Waals surface area contributed by atoms with E-state index in [1.54, 1.807) is 0 Å². The average molecular weight is 245 g/mol. The lowest BCUT2D eigenvalue weighted by Gasteiger charge is -2.42. The van der Waals surface area contributed by atoms with Crippen LogP contribution in [0.5, 0.6) is 0 Å². The Morgan fingerprint density at radius 2 is 1.94 bits per heavy atom. The minimum absolute atomic E-state index is 0.243. The summed E-state index contributed by atoms with van der Waals surface area (Å²) in [6.07, 6.45) is 4.02. The average Bonchev–Trinajstić information content (AvgIpc) is 2.30. The first-order valence-corrected chi connectivity index (χ1v) is 6.27. The molecule has 1 aliphatic carbocycles. The summed E-state index contributed by atoms with van der Waals surface area (Å²) in [7, 11) is 0. The molecule has 100 valence electrons. The molecule has 0 aromatic carbocycles. The number of unbranched alkanes of at least 4 members (excludes halogenated alkanes) is 1. The standard InChI is InChI=1S/C12H23NO4/c1-2-3-4-12(17-10(13)15)7-5-11(16,9-14)6-8-12/h14,16H,2-9H2,1H3,(H2,13,15). The molecule has 0 spiro atoms. The third-order valence-electron chi connectivity index (χ3n) is 3.69. The fourth-order valence-corrected chi connectivity index (χ4v) is 2.44. The summed E-state index contributed by atoms with van der Waals surface area (Å²) in [5, 5.41) is 19.0. The molecule has 0 aromatic heterocycles. The van der Waals surface area contributed by atoms with E-state index in [2.05, 4.69) is 6.92 Å². The van der Waals surface area contributed by atoms with Gasteiger partial charge in [0.25, 0.3) is 0 Å². The predicted octanol–water partition coefficient (Wildman–Crippen LogP) is 1.31. The van der Waals surface area contributed by atoms with Crippen molar-refractivity contribution < 1.29 is 19.7 Å². The summed E-state index contributed by atoms with van der Waals surface area (Å²) in [6, 6.07) is 0. The third-order valence-corrected chi connectivity index (χ3v) is 3.69. The number of ether oxygens (including phenoxy) is 1. The van der Waals surface area contributed by atoms with Crippen molar-refractivity contribution in [1.29, 1.82) is 0 Å². The molecule has 0 unspecified atom stereocenters. The number of carbonyl (C=O) groups is 1. The van der Waals surface area contributed by atoms with Gasteiger partial charge in [0.15, 0.2) is 0 Å². The van der Waals surface area contributed by atoms with Gasteiger partial charge in [-0.05, 0) is 38.5 Å². The fraction of sp³-hybridized carbons (Fsp3) is 0.917. The van der Waals surface area contributed by atoms with Gasteiger partial charge in [-0.15, -0.1) is 0 Å². The Morgan fingerprint density at radius 3 is 2.35 bits per heavy atom. The van der Waals surface area contributed by atoms with Crippen LogP contribution in [0.3, 0.4) is 0 Å². The topological polar surface area (TPSA) is 92.8 Å². The van der Waals surface area contributed by atoms with Crippen LogP contribution in [-0.2, 0) is 4.74 Å². The van der Waals surface area contributed by atoms with Crippen molar-refractivity contribution in [2.24, 2.45) is 5.73 Å². The molecule has 5 nitrogen and oxygen atoms in total. The van der Waals surface area contributed by atoms with E-state index in [9.17, 15) is 9.90 Å². The Morgan fingerprint density at radius 1 is 1.35 bits per heavy atom. The maximum Gasteiger partial charge on any atom is 0.405 e. The van der Waals surface area contributed by atoms with E-state index in [0.29, 0.717) is 25.7 Å². The second-order valence-corrected chi connectivity index (χ2v) is 5.09. The Kier molecular flexibility index (Phi) is 4.77. The van der Waals surface area contributed by atoms with Crippen LogP contribution >= 0.6 is 0 Å². The second kappa shape index (κ2) is 5.69. The van der Waals surface area contributed by atoms with Crippen LogP contribution in [0.4, 0.5) is 4.79 Å². The van der Waals surface area contributed by atoms with Crippen molar-refractivity contribution in [3.05, 3.63) is 0 Å². The molecule has 1 saturated carbocycles. The van der Waals surface area contributed by atoms with E-state index in [1.807, 2.05) is 0 Å². The van der Waals surface area contributed by atoms with Gasteiger partial charge in [0.1, 0.15) is 5.60 Å². The van der Waals surface area contributed by atoms with Crippen molar-refractivity contribution in [1.82, 2.24) is 0 Å². The molecule has 0 aliphatic heterocycles. The molecule has 1 rings (SSSR count). The first-order valence-electron chi connectivity index (χ1n) is 6.27. The van der Waals surface area contributed by atoms with Gasteiger partial charge in [0, 0.05) is 0 Å². The van der Waals surface area contributed by atoms with Gasteiger partial charge in [-0.2, -0.15) is 0 Å². The summed E-state index contributed by atoms with van der Waals surface area (Å²) in [5.74, 6) is 0. The largest absolute Gasteiger partial charge is 0.443 e. The number of nitrogens with two attached hydrogens (primary N) is 1. The maximum atomic E-state index is 11.0. The first kappa shape index (κ1) is 14.3. The molecule has 17 heavy (non-hydrogen) atoms. The zero-order valence-electron chi connectivity index (χ0n) is 10.4. The van der Waals surface area contributed by atoms with Crippen LogP contribution in [0.2, 0.25) is 0 Å². The van der Waals surface area contributed by atoms with E-state index >= 15 is 0 Å². The molecule has 1 fully saturated rings. The van der Waals surface area contributed by atoms with E-state index in [0.717, 1.165) is 19.3 Å². The summed E-state index contributed by atoms with van der Waals surface area (Å²) in [5.41, 5.74) is 3.55. The van der Waals surface area contributed by atoms with Crippen molar-refractivity contribution in [3.8, 4) is 0 Å². The third kappa shape index (κ3) is 3.85. The van der Waals surface area contributed by atoms with Crippen molar-refractivity contribution in [2.75, 3.05) is 6.61 Å². The normalized spacial score (nSPS) is 33.4. The highest BCUT2D eigenvalue weighted by molar-refractivity contribution is 5.65. The smallest absolute Gasteiger partial charge is 0.405 e. The number of primary amides is 1. The van der Waals surface area contributed by atoms with Gasteiger partial charge in [0.05, 0.1) is 12.2 Å². The molecule has 1 aliphatic rings. The lowest BCUT2D eigenvalue weighted by molar-refractivity contribution is -0.106. The van der Waals surface area contributed by atoms with Gasteiger partial charge >= 0.3 is 6.09 Å². The fourth-order valence-electron chi connectivity index (χ4n) is 2.44. The van der Waals surface area contributed by atoms with Crippen molar-refractivity contribution in [3.63, 3.8) is 0 Å². The summed E-state index contributed by atoms with van der Waals surface area (Å²) in [6.45, 7) is 1.83. The summed E-state index contributed by atoms with van der Waals surface area (Å²) < 4.78 is 5.26. The second-order valence-electron chi connectivity index (χ2n) is 5.09. The van der Waals surface area contributed by atoms with Crippen LogP contribution in [0.25, 0.3) is 0 Å². The van der Waals surface area contributed by atoms with Crippen molar-refractivity contribution >= 4 is 6.09 Å². The summed E-state index contributed by atoms with van der Waals surface area (Å²) >= 11 is 0. The molecule has 0 bridgehead atoms. The van der Waals surface area contributed by atoms with E-state index < -0.39 is 17.3 Å². The predicted molar refractivity (Wildman–Crippen MR) is 63.4 cm³/mol. The Labute approximate surface area is 102 Å². The van der Waals surface area contributed by atoms with Gasteiger partial charge in [-0.3, -0.25) is 0 Å². The molecule has 0 saturated heterocycles. The number of hydrogen-bond acceptors (Lipinski definition) is 4. The highest BCUT2D eigenvalue weighted by Crippen LogP contribution is 2.40. The van der Waals surface area contributed by atoms with Crippen LogP contribution in [-0.4, -0.2) is 34.1 Å². The molecule has 0 atom stereocenters. The molecule has 0 aromatic rings. The molecular formula is C12H23NO4. The highest BCUT2D eigenvalue weighted by atomic mass is 16.6. The Bertz CT molecular complexity index is 259.